The molecule has 4 nitrogen and oxygen atoms in total. The van der Waals surface area contributed by atoms with Gasteiger partial charge in [-0.3, -0.25) is 0 Å². The zero-order chi connectivity index (χ0) is 15.9. The summed E-state index contributed by atoms with van der Waals surface area (Å²) in [5.41, 5.74) is -0.130. The summed E-state index contributed by atoms with van der Waals surface area (Å²) in [7, 11) is 0. The predicted molar refractivity (Wildman–Crippen MR) is 72.6 cm³/mol. The Morgan fingerprint density at radius 1 is 1.29 bits per heavy atom. The van der Waals surface area contributed by atoms with Crippen LogP contribution in [0.3, 0.4) is 0 Å². The summed E-state index contributed by atoms with van der Waals surface area (Å²) in [6.07, 6.45) is -3.10. The van der Waals surface area contributed by atoms with Gasteiger partial charge in [0.1, 0.15) is 0 Å². The first-order chi connectivity index (χ1) is 9.82. The Morgan fingerprint density at radius 2 is 1.90 bits per heavy atom. The molecule has 0 saturated heterocycles. The lowest BCUT2D eigenvalue weighted by Gasteiger charge is -2.14. The number of hydrogen-bond acceptors (Lipinski definition) is 2. The van der Waals surface area contributed by atoms with E-state index in [1.165, 1.54) is 12.1 Å². The summed E-state index contributed by atoms with van der Waals surface area (Å²) in [6.45, 7) is 2.03. The minimum Gasteiger partial charge on any atom is -0.396 e. The van der Waals surface area contributed by atoms with E-state index in [1.54, 1.807) is 0 Å². The van der Waals surface area contributed by atoms with Gasteiger partial charge in [0.2, 0.25) is 0 Å². The SMILES string of the molecule is CC(CCCO)NC(=O)NCc1ccc(C(F)(F)F)cc1. The molecule has 21 heavy (non-hydrogen) atoms. The third-order valence-electron chi connectivity index (χ3n) is 2.91. The first-order valence-corrected chi connectivity index (χ1v) is 6.64. The average molecular weight is 304 g/mol. The molecule has 0 fully saturated rings. The molecule has 3 N–H and O–H groups in total. The maximum atomic E-state index is 12.4. The van der Waals surface area contributed by atoms with Crippen LogP contribution in [0.15, 0.2) is 24.3 Å². The molecule has 0 aliphatic carbocycles. The summed E-state index contributed by atoms with van der Waals surface area (Å²) < 4.78 is 37.1. The van der Waals surface area contributed by atoms with Crippen LogP contribution < -0.4 is 10.6 Å². The smallest absolute Gasteiger partial charge is 0.396 e. The van der Waals surface area contributed by atoms with Gasteiger partial charge in [0.05, 0.1) is 5.56 Å². The first-order valence-electron chi connectivity index (χ1n) is 6.64. The Kier molecular flexibility index (Phi) is 6.48. The number of urea groups is 1. The number of amides is 2. The number of nitrogens with one attached hydrogen (secondary N) is 2. The molecule has 0 aromatic heterocycles. The molecule has 0 aliphatic rings. The Balaban J connectivity index is 2.39. The highest BCUT2D eigenvalue weighted by atomic mass is 19.4. The lowest BCUT2D eigenvalue weighted by molar-refractivity contribution is -0.137. The molecule has 0 aliphatic heterocycles. The number of carbonyl (C=O) groups excluding carboxylic acids is 1. The fourth-order valence-corrected chi connectivity index (χ4v) is 1.74. The number of hydrogen-bond donors (Lipinski definition) is 3. The minimum absolute atomic E-state index is 0.0686. The molecule has 1 aromatic carbocycles. The van der Waals surface area contributed by atoms with Crippen LogP contribution >= 0.6 is 0 Å². The molecule has 1 unspecified atom stereocenters. The Bertz CT molecular complexity index is 447. The van der Waals surface area contributed by atoms with Gasteiger partial charge < -0.3 is 15.7 Å². The normalized spacial score (nSPS) is 12.8. The third kappa shape index (κ3) is 6.48. The van der Waals surface area contributed by atoms with Crippen molar-refractivity contribution < 1.29 is 23.1 Å². The van der Waals surface area contributed by atoms with Crippen molar-refractivity contribution >= 4 is 6.03 Å². The average Bonchev–Trinajstić information content (AvgIpc) is 2.42. The summed E-state index contributed by atoms with van der Waals surface area (Å²) >= 11 is 0. The van der Waals surface area contributed by atoms with Crippen molar-refractivity contribution in [3.05, 3.63) is 35.4 Å². The fraction of sp³-hybridized carbons (Fsp3) is 0.500. The predicted octanol–water partition coefficient (Wildman–Crippen LogP) is 2.67. The van der Waals surface area contributed by atoms with Gasteiger partial charge in [0, 0.05) is 19.2 Å². The highest BCUT2D eigenvalue weighted by molar-refractivity contribution is 5.74. The van der Waals surface area contributed by atoms with Crippen molar-refractivity contribution in [3.63, 3.8) is 0 Å². The summed E-state index contributed by atoms with van der Waals surface area (Å²) in [4.78, 5) is 11.6. The van der Waals surface area contributed by atoms with Crippen LogP contribution in [-0.4, -0.2) is 23.8 Å². The van der Waals surface area contributed by atoms with E-state index in [1.807, 2.05) is 6.92 Å². The van der Waals surface area contributed by atoms with Crippen molar-refractivity contribution in [2.75, 3.05) is 6.61 Å². The number of halogens is 3. The first kappa shape index (κ1) is 17.3. The maximum absolute atomic E-state index is 12.4. The highest BCUT2D eigenvalue weighted by Gasteiger charge is 2.29. The van der Waals surface area contributed by atoms with Gasteiger partial charge >= 0.3 is 12.2 Å². The lowest BCUT2D eigenvalue weighted by Crippen LogP contribution is -2.40. The number of aliphatic hydroxyl groups excluding tert-OH is 1. The molecule has 118 valence electrons. The molecule has 2 amide bonds. The van der Waals surface area contributed by atoms with E-state index in [9.17, 15) is 18.0 Å². The van der Waals surface area contributed by atoms with Gasteiger partial charge in [-0.1, -0.05) is 12.1 Å². The van der Waals surface area contributed by atoms with Gasteiger partial charge in [-0.05, 0) is 37.5 Å². The van der Waals surface area contributed by atoms with Crippen molar-refractivity contribution in [2.45, 2.75) is 38.5 Å². The van der Waals surface area contributed by atoms with Crippen LogP contribution in [0.1, 0.15) is 30.9 Å². The molecule has 0 radical (unpaired) electrons. The number of carbonyl (C=O) groups is 1. The second kappa shape index (κ2) is 7.87. The molecular formula is C14H19F3N2O2. The molecule has 0 bridgehead atoms. The molecule has 1 aromatic rings. The number of aliphatic hydroxyl groups is 1. The number of alkyl halides is 3. The molecule has 0 spiro atoms. The quantitative estimate of drug-likeness (QED) is 0.756. The summed E-state index contributed by atoms with van der Waals surface area (Å²) in [5.74, 6) is 0. The zero-order valence-electron chi connectivity index (χ0n) is 11.7. The van der Waals surface area contributed by atoms with E-state index in [0.717, 1.165) is 12.1 Å². The van der Waals surface area contributed by atoms with Crippen LogP contribution in [0.25, 0.3) is 0 Å². The molecule has 1 atom stereocenters. The van der Waals surface area contributed by atoms with E-state index in [2.05, 4.69) is 10.6 Å². The van der Waals surface area contributed by atoms with Crippen LogP contribution in [0.5, 0.6) is 0 Å². The Labute approximate surface area is 121 Å². The highest BCUT2D eigenvalue weighted by Crippen LogP contribution is 2.28. The van der Waals surface area contributed by atoms with E-state index in [4.69, 9.17) is 5.11 Å². The molecule has 0 heterocycles. The van der Waals surface area contributed by atoms with Gasteiger partial charge in [-0.25, -0.2) is 4.79 Å². The second-order valence-corrected chi connectivity index (χ2v) is 4.79. The van der Waals surface area contributed by atoms with E-state index < -0.39 is 11.7 Å². The van der Waals surface area contributed by atoms with Crippen LogP contribution in [0.4, 0.5) is 18.0 Å². The molecule has 1 rings (SSSR count). The standard InChI is InChI=1S/C14H19F3N2O2/c1-10(3-2-8-20)19-13(21)18-9-11-4-6-12(7-5-11)14(15,16)17/h4-7,10,20H,2-3,8-9H2,1H3,(H2,18,19,21). The molecule has 0 saturated carbocycles. The Morgan fingerprint density at radius 3 is 2.43 bits per heavy atom. The second-order valence-electron chi connectivity index (χ2n) is 4.79. The van der Waals surface area contributed by atoms with Crippen LogP contribution in [0.2, 0.25) is 0 Å². The summed E-state index contributed by atoms with van der Waals surface area (Å²) in [6, 6.07) is 4.17. The summed E-state index contributed by atoms with van der Waals surface area (Å²) in [5, 5.41) is 13.9. The van der Waals surface area contributed by atoms with Crippen molar-refractivity contribution in [2.24, 2.45) is 0 Å². The van der Waals surface area contributed by atoms with Crippen LogP contribution in [0, 0.1) is 0 Å². The van der Waals surface area contributed by atoms with E-state index >= 15 is 0 Å². The molecule has 7 heteroatoms. The maximum Gasteiger partial charge on any atom is 0.416 e. The van der Waals surface area contributed by atoms with Gasteiger partial charge in [-0.15, -0.1) is 0 Å². The zero-order valence-corrected chi connectivity index (χ0v) is 11.7. The van der Waals surface area contributed by atoms with Crippen molar-refractivity contribution in [1.82, 2.24) is 10.6 Å². The number of rotatable bonds is 6. The van der Waals surface area contributed by atoms with Gasteiger partial charge in [-0.2, -0.15) is 13.2 Å². The molecular weight excluding hydrogens is 285 g/mol. The largest absolute Gasteiger partial charge is 0.416 e. The van der Waals surface area contributed by atoms with Crippen LogP contribution in [-0.2, 0) is 12.7 Å². The van der Waals surface area contributed by atoms with Crippen molar-refractivity contribution in [3.8, 4) is 0 Å². The minimum atomic E-state index is -4.36. The Hall–Kier alpha value is -1.76. The van der Waals surface area contributed by atoms with Gasteiger partial charge in [0.25, 0.3) is 0 Å². The lowest BCUT2D eigenvalue weighted by atomic mass is 10.1. The van der Waals surface area contributed by atoms with Crippen molar-refractivity contribution in [1.29, 1.82) is 0 Å². The fourth-order valence-electron chi connectivity index (χ4n) is 1.74. The number of benzene rings is 1. The monoisotopic (exact) mass is 304 g/mol. The van der Waals surface area contributed by atoms with E-state index in [0.29, 0.717) is 18.4 Å². The van der Waals surface area contributed by atoms with E-state index in [-0.39, 0.29) is 25.2 Å². The van der Waals surface area contributed by atoms with Gasteiger partial charge in [0.15, 0.2) is 0 Å². The topological polar surface area (TPSA) is 61.4 Å². The third-order valence-corrected chi connectivity index (χ3v) is 2.91.